The van der Waals surface area contributed by atoms with Crippen LogP contribution in [0.4, 0.5) is 0 Å². The van der Waals surface area contributed by atoms with E-state index in [4.69, 9.17) is 4.74 Å². The predicted octanol–water partition coefficient (Wildman–Crippen LogP) is 1.56. The van der Waals surface area contributed by atoms with Crippen molar-refractivity contribution in [3.63, 3.8) is 0 Å². The summed E-state index contributed by atoms with van der Waals surface area (Å²) < 4.78 is 5.23. The first-order chi connectivity index (χ1) is 7.61. The predicted molar refractivity (Wildman–Crippen MR) is 58.2 cm³/mol. The van der Waals surface area contributed by atoms with Gasteiger partial charge in [0.05, 0.1) is 11.0 Å². The lowest BCUT2D eigenvalue weighted by Crippen LogP contribution is -2.56. The van der Waals surface area contributed by atoms with Gasteiger partial charge < -0.3 is 14.9 Å². The minimum atomic E-state index is -1.06. The summed E-state index contributed by atoms with van der Waals surface area (Å²) in [6.45, 7) is 0.955. The van der Waals surface area contributed by atoms with E-state index in [1.54, 1.807) is 0 Å². The molecule has 0 spiro atoms. The summed E-state index contributed by atoms with van der Waals surface area (Å²) in [7, 11) is 0. The molecule has 4 heteroatoms. The van der Waals surface area contributed by atoms with Crippen molar-refractivity contribution in [2.24, 2.45) is 5.41 Å². The molecular weight excluding hydrogens is 208 g/mol. The van der Waals surface area contributed by atoms with E-state index in [9.17, 15) is 15.0 Å². The summed E-state index contributed by atoms with van der Waals surface area (Å²) in [5.74, 6) is -0.823. The third-order valence-electron chi connectivity index (χ3n) is 4.33. The Morgan fingerprint density at radius 3 is 2.06 bits per heavy atom. The third-order valence-corrected chi connectivity index (χ3v) is 4.33. The normalized spacial score (nSPS) is 28.6. The highest BCUT2D eigenvalue weighted by Crippen LogP contribution is 2.49. The second kappa shape index (κ2) is 4.34. The third kappa shape index (κ3) is 1.74. The number of aliphatic carboxylic acids is 1. The molecule has 0 aromatic rings. The lowest BCUT2D eigenvalue weighted by Gasteiger charge is -2.48. The number of rotatable bonds is 2. The van der Waals surface area contributed by atoms with Crippen molar-refractivity contribution in [1.29, 1.82) is 0 Å². The number of hydrogen-bond donors (Lipinski definition) is 2. The fourth-order valence-electron chi connectivity index (χ4n) is 3.22. The van der Waals surface area contributed by atoms with Crippen molar-refractivity contribution in [2.45, 2.75) is 50.5 Å². The van der Waals surface area contributed by atoms with E-state index >= 15 is 0 Å². The fourth-order valence-corrected chi connectivity index (χ4v) is 3.22. The number of carboxylic acids is 1. The Morgan fingerprint density at radius 2 is 1.56 bits per heavy atom. The lowest BCUT2D eigenvalue weighted by molar-refractivity contribution is -0.190. The van der Waals surface area contributed by atoms with Gasteiger partial charge in [-0.15, -0.1) is 0 Å². The van der Waals surface area contributed by atoms with Gasteiger partial charge in [0.15, 0.2) is 0 Å². The van der Waals surface area contributed by atoms with E-state index < -0.39 is 17.0 Å². The second-order valence-electron chi connectivity index (χ2n) is 5.09. The highest BCUT2D eigenvalue weighted by molar-refractivity contribution is 5.76. The van der Waals surface area contributed by atoms with Gasteiger partial charge in [0, 0.05) is 26.1 Å². The summed E-state index contributed by atoms with van der Waals surface area (Å²) in [6, 6.07) is 0. The van der Waals surface area contributed by atoms with Crippen LogP contribution in [0.3, 0.4) is 0 Å². The molecule has 16 heavy (non-hydrogen) atoms. The first-order valence-electron chi connectivity index (χ1n) is 6.14. The van der Waals surface area contributed by atoms with Gasteiger partial charge in [0.1, 0.15) is 0 Å². The standard InChI is InChI=1S/C12H20O4/c13-10(14)11(4-2-1-3-5-11)12(15)6-8-16-9-7-12/h15H,1-9H2,(H,13,14). The maximum atomic E-state index is 11.6. The van der Waals surface area contributed by atoms with E-state index in [0.717, 1.165) is 19.3 Å². The Morgan fingerprint density at radius 1 is 1.00 bits per heavy atom. The maximum absolute atomic E-state index is 11.6. The molecule has 0 atom stereocenters. The van der Waals surface area contributed by atoms with Gasteiger partial charge in [-0.1, -0.05) is 19.3 Å². The molecule has 0 aromatic heterocycles. The van der Waals surface area contributed by atoms with E-state index in [2.05, 4.69) is 0 Å². The SMILES string of the molecule is O=C(O)C1(C2(O)CCOCC2)CCCCC1. The quantitative estimate of drug-likeness (QED) is 0.752. The van der Waals surface area contributed by atoms with Gasteiger partial charge in [-0.25, -0.2) is 0 Å². The highest BCUT2D eigenvalue weighted by Gasteiger charge is 2.56. The minimum Gasteiger partial charge on any atom is -0.481 e. The summed E-state index contributed by atoms with van der Waals surface area (Å²) in [6.07, 6.45) is 5.04. The summed E-state index contributed by atoms with van der Waals surface area (Å²) in [5, 5.41) is 20.2. The largest absolute Gasteiger partial charge is 0.481 e. The van der Waals surface area contributed by atoms with Crippen LogP contribution in [0.15, 0.2) is 0 Å². The average Bonchev–Trinajstić information content (AvgIpc) is 2.30. The van der Waals surface area contributed by atoms with Gasteiger partial charge in [-0.3, -0.25) is 4.79 Å². The van der Waals surface area contributed by atoms with Gasteiger partial charge >= 0.3 is 5.97 Å². The molecule has 2 aliphatic rings. The molecule has 0 radical (unpaired) electrons. The lowest BCUT2D eigenvalue weighted by atomic mass is 9.60. The Bertz CT molecular complexity index is 262. The second-order valence-corrected chi connectivity index (χ2v) is 5.09. The van der Waals surface area contributed by atoms with Crippen molar-refractivity contribution in [2.75, 3.05) is 13.2 Å². The fraction of sp³-hybridized carbons (Fsp3) is 0.917. The zero-order valence-electron chi connectivity index (χ0n) is 9.57. The van der Waals surface area contributed by atoms with E-state index in [-0.39, 0.29) is 0 Å². The Kier molecular flexibility index (Phi) is 3.22. The maximum Gasteiger partial charge on any atom is 0.312 e. The molecule has 2 N–H and O–H groups in total. The average molecular weight is 228 g/mol. The molecule has 0 unspecified atom stereocenters. The van der Waals surface area contributed by atoms with Crippen LogP contribution in [0.2, 0.25) is 0 Å². The van der Waals surface area contributed by atoms with Crippen LogP contribution in [0.1, 0.15) is 44.9 Å². The summed E-state index contributed by atoms with van der Waals surface area (Å²) >= 11 is 0. The molecule has 2 rings (SSSR count). The van der Waals surface area contributed by atoms with Crippen molar-refractivity contribution in [3.05, 3.63) is 0 Å². The molecular formula is C12H20O4. The van der Waals surface area contributed by atoms with Crippen molar-refractivity contribution < 1.29 is 19.7 Å². The van der Waals surface area contributed by atoms with Crippen LogP contribution in [-0.4, -0.2) is 35.0 Å². The summed E-state index contributed by atoms with van der Waals surface area (Å²) in [5.41, 5.74) is -1.98. The van der Waals surface area contributed by atoms with Crippen LogP contribution in [-0.2, 0) is 9.53 Å². The number of hydrogen-bond acceptors (Lipinski definition) is 3. The molecule has 4 nitrogen and oxygen atoms in total. The van der Waals surface area contributed by atoms with Crippen molar-refractivity contribution >= 4 is 5.97 Å². The zero-order valence-corrected chi connectivity index (χ0v) is 9.57. The molecule has 1 aliphatic carbocycles. The molecule has 1 aliphatic heterocycles. The Hall–Kier alpha value is -0.610. The molecule has 0 amide bonds. The first kappa shape index (κ1) is 11.9. The smallest absolute Gasteiger partial charge is 0.312 e. The molecule has 1 heterocycles. The van der Waals surface area contributed by atoms with E-state index in [0.29, 0.717) is 38.9 Å². The molecule has 92 valence electrons. The van der Waals surface area contributed by atoms with Crippen LogP contribution < -0.4 is 0 Å². The van der Waals surface area contributed by atoms with Crippen LogP contribution in [0.5, 0.6) is 0 Å². The first-order valence-corrected chi connectivity index (χ1v) is 6.14. The van der Waals surface area contributed by atoms with Gasteiger partial charge in [0.2, 0.25) is 0 Å². The molecule has 0 aromatic carbocycles. The minimum absolute atomic E-state index is 0.458. The number of carbonyl (C=O) groups is 1. The summed E-state index contributed by atoms with van der Waals surface area (Å²) in [4.78, 5) is 11.6. The van der Waals surface area contributed by atoms with E-state index in [1.807, 2.05) is 0 Å². The Balaban J connectivity index is 2.26. The highest BCUT2D eigenvalue weighted by atomic mass is 16.5. The topological polar surface area (TPSA) is 66.8 Å². The van der Waals surface area contributed by atoms with Crippen molar-refractivity contribution in [3.8, 4) is 0 Å². The van der Waals surface area contributed by atoms with E-state index in [1.165, 1.54) is 0 Å². The number of aliphatic hydroxyl groups is 1. The van der Waals surface area contributed by atoms with Crippen LogP contribution in [0, 0.1) is 5.41 Å². The van der Waals surface area contributed by atoms with Crippen LogP contribution in [0.25, 0.3) is 0 Å². The molecule has 2 fully saturated rings. The molecule has 1 saturated carbocycles. The van der Waals surface area contributed by atoms with Gasteiger partial charge in [-0.05, 0) is 12.8 Å². The van der Waals surface area contributed by atoms with Crippen molar-refractivity contribution in [1.82, 2.24) is 0 Å². The van der Waals surface area contributed by atoms with Crippen LogP contribution >= 0.6 is 0 Å². The Labute approximate surface area is 95.6 Å². The molecule has 0 bridgehead atoms. The molecule has 1 saturated heterocycles. The number of ether oxygens (including phenoxy) is 1. The van der Waals surface area contributed by atoms with Gasteiger partial charge in [-0.2, -0.15) is 0 Å². The monoisotopic (exact) mass is 228 g/mol. The number of carboxylic acid groups (broad SMARTS) is 1. The zero-order chi connectivity index (χ0) is 11.6. The van der Waals surface area contributed by atoms with Gasteiger partial charge in [0.25, 0.3) is 0 Å².